The van der Waals surface area contributed by atoms with Gasteiger partial charge in [-0.3, -0.25) is 4.79 Å². The van der Waals surface area contributed by atoms with E-state index in [0.717, 1.165) is 38.5 Å². The van der Waals surface area contributed by atoms with Crippen LogP contribution >= 0.6 is 0 Å². The smallest absolute Gasteiger partial charge is 0.249 e. The Morgan fingerprint density at radius 1 is 0.596 bits per heavy atom. The fourth-order valence-corrected chi connectivity index (χ4v) is 7.62. The van der Waals surface area contributed by atoms with Crippen LogP contribution in [-0.2, 0) is 14.3 Å². The Labute approximate surface area is 347 Å². The molecule has 338 valence electrons. The zero-order chi connectivity index (χ0) is 41.9. The van der Waals surface area contributed by atoms with Crippen LogP contribution in [0.1, 0.15) is 206 Å². The van der Waals surface area contributed by atoms with Gasteiger partial charge in [-0.05, 0) is 38.5 Å². The summed E-state index contributed by atoms with van der Waals surface area (Å²) >= 11 is 0. The molecule has 0 aromatic heterocycles. The average Bonchev–Trinajstić information content (AvgIpc) is 3.21. The molecule has 0 aliphatic carbocycles. The van der Waals surface area contributed by atoms with Gasteiger partial charge in [0.25, 0.3) is 0 Å². The molecular weight excluding hydrogens is 727 g/mol. The first-order valence-corrected chi connectivity index (χ1v) is 23.6. The Hall–Kier alpha value is -1.15. The summed E-state index contributed by atoms with van der Waals surface area (Å²) in [4.78, 5) is 13.1. The van der Waals surface area contributed by atoms with Gasteiger partial charge in [-0.15, -0.1) is 0 Å². The highest BCUT2D eigenvalue weighted by Gasteiger charge is 2.44. The maximum absolute atomic E-state index is 13.1. The topological polar surface area (TPSA) is 189 Å². The number of hydrogen-bond donors (Lipinski definition) is 8. The summed E-state index contributed by atoms with van der Waals surface area (Å²) in [5.41, 5.74) is 0. The maximum Gasteiger partial charge on any atom is 0.249 e. The number of aliphatic hydroxyl groups is 7. The molecule has 11 heteroatoms. The van der Waals surface area contributed by atoms with Crippen LogP contribution in [0.3, 0.4) is 0 Å². The van der Waals surface area contributed by atoms with E-state index in [9.17, 15) is 40.5 Å². The molecule has 0 aromatic rings. The van der Waals surface area contributed by atoms with Crippen molar-refractivity contribution in [3.05, 3.63) is 12.2 Å². The van der Waals surface area contributed by atoms with E-state index in [1.807, 2.05) is 0 Å². The molecule has 0 unspecified atom stereocenters. The number of hydrogen-bond acceptors (Lipinski definition) is 10. The molecule has 0 aromatic carbocycles. The summed E-state index contributed by atoms with van der Waals surface area (Å²) < 4.78 is 11.1. The van der Waals surface area contributed by atoms with Crippen LogP contribution in [0, 0.1) is 0 Å². The van der Waals surface area contributed by atoms with Crippen LogP contribution in [-0.4, -0.2) is 110 Å². The molecule has 1 aliphatic heterocycles. The molecule has 0 radical (unpaired) electrons. The highest BCUT2D eigenvalue weighted by atomic mass is 16.7. The third-order valence-electron chi connectivity index (χ3n) is 11.6. The molecule has 1 amide bonds. The first-order valence-electron chi connectivity index (χ1n) is 23.6. The lowest BCUT2D eigenvalue weighted by molar-refractivity contribution is -0.303. The molecule has 8 N–H and O–H groups in total. The molecule has 1 rings (SSSR count). The third kappa shape index (κ3) is 26.6. The molecule has 0 bridgehead atoms. The second kappa shape index (κ2) is 36.7. The SMILES string of the molecule is CCCCCCCCCC=CCCC[C@@H](O)[C@@H](O)[C@H](CO[C@@H]1O[C@H](CO)[C@@H](O)[C@H](O)[C@H]1O)NC(=O)[C@H](O)CCCCCCCCCCCCCCCCCCCC. The van der Waals surface area contributed by atoms with E-state index in [4.69, 9.17) is 9.47 Å². The second-order valence-electron chi connectivity index (χ2n) is 16.8. The van der Waals surface area contributed by atoms with Crippen molar-refractivity contribution < 1.29 is 50.0 Å². The number of carbonyl (C=O) groups is 1. The van der Waals surface area contributed by atoms with Gasteiger partial charge in [-0.25, -0.2) is 0 Å². The van der Waals surface area contributed by atoms with Gasteiger partial charge in [0.1, 0.15) is 36.6 Å². The van der Waals surface area contributed by atoms with Crippen LogP contribution in [0.15, 0.2) is 12.2 Å². The molecule has 0 saturated carbocycles. The van der Waals surface area contributed by atoms with Crippen LogP contribution in [0.2, 0.25) is 0 Å². The van der Waals surface area contributed by atoms with Crippen molar-refractivity contribution >= 4 is 5.91 Å². The Morgan fingerprint density at radius 3 is 1.51 bits per heavy atom. The molecule has 0 spiro atoms. The van der Waals surface area contributed by atoms with Crippen LogP contribution in [0.5, 0.6) is 0 Å². The molecule has 9 atom stereocenters. The van der Waals surface area contributed by atoms with Gasteiger partial charge < -0.3 is 50.5 Å². The fraction of sp³-hybridized carbons (Fsp3) is 0.935. The van der Waals surface area contributed by atoms with Crippen molar-refractivity contribution in [3.8, 4) is 0 Å². The summed E-state index contributed by atoms with van der Waals surface area (Å²) in [6.45, 7) is 3.42. The van der Waals surface area contributed by atoms with E-state index in [2.05, 4.69) is 31.3 Å². The minimum Gasteiger partial charge on any atom is -0.394 e. The number of carbonyl (C=O) groups excluding carboxylic acids is 1. The zero-order valence-corrected chi connectivity index (χ0v) is 36.3. The zero-order valence-electron chi connectivity index (χ0n) is 36.3. The standard InChI is InChI=1S/C46H89NO10/c1-3-5-7-9-11-13-15-17-18-19-20-21-22-24-26-28-30-32-34-39(50)45(55)47-37(36-56-46-44(54)43(53)42(52)40(35-48)57-46)41(51)38(49)33-31-29-27-25-23-16-14-12-10-8-6-4-2/h25,27,37-44,46,48-54H,3-24,26,28-36H2,1-2H3,(H,47,55)/t37-,38+,39+,40+,41-,42+,43-,44+,46+/m0/s1. The second-order valence-corrected chi connectivity index (χ2v) is 16.8. The summed E-state index contributed by atoms with van der Waals surface area (Å²) in [6.07, 6.45) is 26.9. The summed E-state index contributed by atoms with van der Waals surface area (Å²) in [5, 5.41) is 75.6. The van der Waals surface area contributed by atoms with E-state index < -0.39 is 74.2 Å². The summed E-state index contributed by atoms with van der Waals surface area (Å²) in [7, 11) is 0. The molecule has 1 fully saturated rings. The van der Waals surface area contributed by atoms with Gasteiger partial charge in [-0.1, -0.05) is 180 Å². The number of amides is 1. The molecule has 1 heterocycles. The van der Waals surface area contributed by atoms with E-state index >= 15 is 0 Å². The Kier molecular flexibility index (Phi) is 34.7. The molecule has 11 nitrogen and oxygen atoms in total. The van der Waals surface area contributed by atoms with Crippen LogP contribution in [0.4, 0.5) is 0 Å². The minimum atomic E-state index is -1.66. The lowest BCUT2D eigenvalue weighted by Crippen LogP contribution is -2.60. The third-order valence-corrected chi connectivity index (χ3v) is 11.6. The van der Waals surface area contributed by atoms with Crippen molar-refractivity contribution in [2.75, 3.05) is 13.2 Å². The van der Waals surface area contributed by atoms with Gasteiger partial charge in [0, 0.05) is 0 Å². The Bertz CT molecular complexity index is 939. The van der Waals surface area contributed by atoms with Crippen molar-refractivity contribution in [1.82, 2.24) is 5.32 Å². The monoisotopic (exact) mass is 816 g/mol. The Morgan fingerprint density at radius 2 is 1.04 bits per heavy atom. The van der Waals surface area contributed by atoms with Crippen LogP contribution in [0.25, 0.3) is 0 Å². The number of rotatable bonds is 39. The van der Waals surface area contributed by atoms with Gasteiger partial charge in [0.2, 0.25) is 5.91 Å². The molecule has 1 aliphatic rings. The molecule has 1 saturated heterocycles. The van der Waals surface area contributed by atoms with Gasteiger partial charge in [-0.2, -0.15) is 0 Å². The lowest BCUT2D eigenvalue weighted by Gasteiger charge is -2.40. The minimum absolute atomic E-state index is 0.259. The fourth-order valence-electron chi connectivity index (χ4n) is 7.62. The molecule has 57 heavy (non-hydrogen) atoms. The molecular formula is C46H89NO10. The maximum atomic E-state index is 13.1. The highest BCUT2D eigenvalue weighted by Crippen LogP contribution is 2.23. The predicted molar refractivity (Wildman–Crippen MR) is 229 cm³/mol. The van der Waals surface area contributed by atoms with Gasteiger partial charge >= 0.3 is 0 Å². The summed E-state index contributed by atoms with van der Waals surface area (Å²) in [5.74, 6) is -0.705. The Balaban J connectivity index is 2.43. The van der Waals surface area contributed by atoms with E-state index in [0.29, 0.717) is 12.8 Å². The number of nitrogens with one attached hydrogen (secondary N) is 1. The summed E-state index contributed by atoms with van der Waals surface area (Å²) in [6, 6.07) is -1.18. The normalized spacial score (nSPS) is 22.2. The van der Waals surface area contributed by atoms with Crippen molar-refractivity contribution in [2.45, 2.75) is 262 Å². The average molecular weight is 816 g/mol. The van der Waals surface area contributed by atoms with Crippen molar-refractivity contribution in [3.63, 3.8) is 0 Å². The lowest BCUT2D eigenvalue weighted by atomic mass is 9.98. The predicted octanol–water partition coefficient (Wildman–Crippen LogP) is 7.67. The van der Waals surface area contributed by atoms with E-state index in [-0.39, 0.29) is 12.8 Å². The van der Waals surface area contributed by atoms with E-state index in [1.165, 1.54) is 128 Å². The van der Waals surface area contributed by atoms with Crippen LogP contribution < -0.4 is 5.32 Å². The van der Waals surface area contributed by atoms with Gasteiger partial charge in [0.05, 0.1) is 25.4 Å². The number of allylic oxidation sites excluding steroid dienone is 2. The number of unbranched alkanes of at least 4 members (excludes halogenated alkanes) is 25. The first kappa shape index (κ1) is 53.9. The number of ether oxygens (including phenoxy) is 2. The first-order chi connectivity index (χ1) is 27.7. The highest BCUT2D eigenvalue weighted by molar-refractivity contribution is 5.80. The van der Waals surface area contributed by atoms with Crippen molar-refractivity contribution in [1.29, 1.82) is 0 Å². The van der Waals surface area contributed by atoms with E-state index in [1.54, 1.807) is 0 Å². The van der Waals surface area contributed by atoms with Gasteiger partial charge in [0.15, 0.2) is 6.29 Å². The van der Waals surface area contributed by atoms with Crippen molar-refractivity contribution in [2.24, 2.45) is 0 Å². The number of aliphatic hydroxyl groups excluding tert-OH is 7. The largest absolute Gasteiger partial charge is 0.394 e. The quantitative estimate of drug-likeness (QED) is 0.0226.